The molecule has 0 radical (unpaired) electrons. The highest BCUT2D eigenvalue weighted by Gasteiger charge is 2.31. The minimum absolute atomic E-state index is 0.0291. The minimum Gasteiger partial charge on any atom is -0.396 e. The molecule has 0 bridgehead atoms. The fraction of sp³-hybridized carbons (Fsp3) is 0.800. The van der Waals surface area contributed by atoms with Crippen LogP contribution in [0.3, 0.4) is 0 Å². The number of nitrogens with two attached hydrogens (primary N) is 1. The number of nitrogens with zero attached hydrogens (tertiary/aromatic N) is 2. The van der Waals surface area contributed by atoms with Gasteiger partial charge in [0.05, 0.1) is 12.5 Å². The number of hydrogen-bond donors (Lipinski definition) is 2. The zero-order chi connectivity index (χ0) is 10.8. The van der Waals surface area contributed by atoms with E-state index in [0.717, 1.165) is 19.3 Å². The standard InChI is InChI=1S/C10H17N3O2/c1-2-8(11)7(5-14)9-12-10(15-13-9)6-3-4-6/h6-8,14H,2-5,11H2,1H3/t7?,8-/m0/s1. The van der Waals surface area contributed by atoms with Gasteiger partial charge in [-0.2, -0.15) is 4.98 Å². The van der Waals surface area contributed by atoms with Crippen LogP contribution in [0.25, 0.3) is 0 Å². The van der Waals surface area contributed by atoms with E-state index in [9.17, 15) is 5.11 Å². The zero-order valence-electron chi connectivity index (χ0n) is 8.89. The average molecular weight is 211 g/mol. The Morgan fingerprint density at radius 3 is 2.87 bits per heavy atom. The number of aliphatic hydroxyl groups excluding tert-OH is 1. The molecule has 1 heterocycles. The Morgan fingerprint density at radius 1 is 1.60 bits per heavy atom. The Balaban J connectivity index is 2.11. The molecule has 1 aliphatic carbocycles. The first-order chi connectivity index (χ1) is 7.26. The van der Waals surface area contributed by atoms with E-state index in [2.05, 4.69) is 10.1 Å². The zero-order valence-corrected chi connectivity index (χ0v) is 8.89. The highest BCUT2D eigenvalue weighted by molar-refractivity contribution is 5.06. The molecule has 3 N–H and O–H groups in total. The van der Waals surface area contributed by atoms with Crippen molar-refractivity contribution in [2.45, 2.75) is 44.1 Å². The highest BCUT2D eigenvalue weighted by Crippen LogP contribution is 2.39. The predicted octanol–water partition coefficient (Wildman–Crippen LogP) is 0.760. The molecule has 1 fully saturated rings. The van der Waals surface area contributed by atoms with Gasteiger partial charge in [-0.3, -0.25) is 0 Å². The topological polar surface area (TPSA) is 85.2 Å². The Kier molecular flexibility index (Phi) is 3.02. The first-order valence-corrected chi connectivity index (χ1v) is 5.46. The van der Waals surface area contributed by atoms with Crippen LogP contribution in [0.15, 0.2) is 4.52 Å². The summed E-state index contributed by atoms with van der Waals surface area (Å²) >= 11 is 0. The largest absolute Gasteiger partial charge is 0.396 e. The van der Waals surface area contributed by atoms with Gasteiger partial charge in [-0.25, -0.2) is 0 Å². The summed E-state index contributed by atoms with van der Waals surface area (Å²) in [6.07, 6.45) is 3.05. The molecule has 84 valence electrons. The predicted molar refractivity (Wildman–Crippen MR) is 54.4 cm³/mol. The Bertz CT molecular complexity index is 322. The lowest BCUT2D eigenvalue weighted by Gasteiger charge is -2.16. The van der Waals surface area contributed by atoms with Crippen molar-refractivity contribution in [3.05, 3.63) is 11.7 Å². The second-order valence-corrected chi connectivity index (χ2v) is 4.13. The fourth-order valence-corrected chi connectivity index (χ4v) is 1.59. The molecule has 1 aromatic heterocycles. The molecule has 0 spiro atoms. The first kappa shape index (κ1) is 10.6. The summed E-state index contributed by atoms with van der Waals surface area (Å²) < 4.78 is 5.14. The number of hydrogen-bond acceptors (Lipinski definition) is 5. The molecule has 0 aromatic carbocycles. The van der Waals surface area contributed by atoms with Gasteiger partial charge in [0.15, 0.2) is 5.82 Å². The summed E-state index contributed by atoms with van der Waals surface area (Å²) in [4.78, 5) is 4.29. The van der Waals surface area contributed by atoms with Crippen LogP contribution in [0.1, 0.15) is 49.7 Å². The first-order valence-electron chi connectivity index (χ1n) is 5.46. The molecule has 0 amide bonds. The summed E-state index contributed by atoms with van der Waals surface area (Å²) in [6, 6.07) is -0.111. The molecule has 1 unspecified atom stereocenters. The molecule has 0 aliphatic heterocycles. The minimum atomic E-state index is -0.203. The van der Waals surface area contributed by atoms with Gasteiger partial charge in [-0.05, 0) is 19.3 Å². The summed E-state index contributed by atoms with van der Waals surface area (Å²) in [6.45, 7) is 1.95. The van der Waals surface area contributed by atoms with Crippen molar-refractivity contribution in [3.63, 3.8) is 0 Å². The van der Waals surface area contributed by atoms with Gasteiger partial charge in [0.25, 0.3) is 0 Å². The molecule has 1 aromatic rings. The Labute approximate surface area is 88.7 Å². The van der Waals surface area contributed by atoms with Gasteiger partial charge < -0.3 is 15.4 Å². The van der Waals surface area contributed by atoms with Crippen molar-refractivity contribution in [2.24, 2.45) is 5.73 Å². The second-order valence-electron chi connectivity index (χ2n) is 4.13. The van der Waals surface area contributed by atoms with Gasteiger partial charge in [0, 0.05) is 12.0 Å². The molecule has 2 rings (SSSR count). The van der Waals surface area contributed by atoms with E-state index in [1.807, 2.05) is 6.92 Å². The molecular formula is C10H17N3O2. The van der Waals surface area contributed by atoms with Crippen LogP contribution in [0, 0.1) is 0 Å². The van der Waals surface area contributed by atoms with Gasteiger partial charge in [-0.1, -0.05) is 12.1 Å². The second kappa shape index (κ2) is 4.28. The van der Waals surface area contributed by atoms with E-state index in [1.165, 1.54) is 0 Å². The molecule has 2 atom stereocenters. The van der Waals surface area contributed by atoms with Gasteiger partial charge in [0.2, 0.25) is 5.89 Å². The summed E-state index contributed by atoms with van der Waals surface area (Å²) in [5.41, 5.74) is 5.88. The SMILES string of the molecule is CC[C@H](N)C(CO)c1noc(C2CC2)n1. The van der Waals surface area contributed by atoms with Crippen LogP contribution < -0.4 is 5.73 Å². The van der Waals surface area contributed by atoms with Crippen LogP contribution >= 0.6 is 0 Å². The van der Waals surface area contributed by atoms with E-state index in [1.54, 1.807) is 0 Å². The van der Waals surface area contributed by atoms with Gasteiger partial charge in [0.1, 0.15) is 0 Å². The number of rotatable bonds is 5. The lowest BCUT2D eigenvalue weighted by atomic mass is 9.99. The van der Waals surface area contributed by atoms with Crippen LogP contribution in [0.4, 0.5) is 0 Å². The summed E-state index contributed by atoms with van der Waals surface area (Å²) in [5, 5.41) is 13.1. The normalized spacial score (nSPS) is 20.2. The fourth-order valence-electron chi connectivity index (χ4n) is 1.59. The van der Waals surface area contributed by atoms with E-state index in [0.29, 0.717) is 17.6 Å². The number of aliphatic hydroxyl groups is 1. The summed E-state index contributed by atoms with van der Waals surface area (Å²) in [5.74, 6) is 1.50. The third-order valence-electron chi connectivity index (χ3n) is 2.90. The van der Waals surface area contributed by atoms with E-state index in [-0.39, 0.29) is 18.6 Å². The van der Waals surface area contributed by atoms with Crippen molar-refractivity contribution in [1.82, 2.24) is 10.1 Å². The van der Waals surface area contributed by atoms with Crippen LogP contribution in [-0.4, -0.2) is 27.9 Å². The maximum atomic E-state index is 9.24. The van der Waals surface area contributed by atoms with Crippen LogP contribution in [-0.2, 0) is 0 Å². The van der Waals surface area contributed by atoms with Crippen molar-refractivity contribution in [2.75, 3.05) is 6.61 Å². The molecule has 0 saturated heterocycles. The van der Waals surface area contributed by atoms with Crippen LogP contribution in [0.2, 0.25) is 0 Å². The maximum Gasteiger partial charge on any atom is 0.229 e. The maximum absolute atomic E-state index is 9.24. The highest BCUT2D eigenvalue weighted by atomic mass is 16.5. The Morgan fingerprint density at radius 2 is 2.33 bits per heavy atom. The molecule has 1 aliphatic rings. The van der Waals surface area contributed by atoms with Crippen LogP contribution in [0.5, 0.6) is 0 Å². The molecule has 5 heteroatoms. The van der Waals surface area contributed by atoms with Crippen molar-refractivity contribution < 1.29 is 9.63 Å². The van der Waals surface area contributed by atoms with E-state index >= 15 is 0 Å². The monoisotopic (exact) mass is 211 g/mol. The smallest absolute Gasteiger partial charge is 0.229 e. The van der Waals surface area contributed by atoms with Crippen molar-refractivity contribution >= 4 is 0 Å². The molecule has 1 saturated carbocycles. The van der Waals surface area contributed by atoms with Crippen molar-refractivity contribution in [1.29, 1.82) is 0 Å². The van der Waals surface area contributed by atoms with Gasteiger partial charge in [-0.15, -0.1) is 0 Å². The Hall–Kier alpha value is -0.940. The average Bonchev–Trinajstić information content (AvgIpc) is 3.00. The van der Waals surface area contributed by atoms with E-state index < -0.39 is 0 Å². The van der Waals surface area contributed by atoms with Crippen molar-refractivity contribution in [3.8, 4) is 0 Å². The number of aromatic nitrogens is 2. The molecule has 15 heavy (non-hydrogen) atoms. The van der Waals surface area contributed by atoms with E-state index in [4.69, 9.17) is 10.3 Å². The summed E-state index contributed by atoms with van der Waals surface area (Å²) in [7, 11) is 0. The lowest BCUT2D eigenvalue weighted by molar-refractivity contribution is 0.237. The lowest BCUT2D eigenvalue weighted by Crippen LogP contribution is -2.30. The van der Waals surface area contributed by atoms with Gasteiger partial charge >= 0.3 is 0 Å². The third kappa shape index (κ3) is 2.18. The molecular weight excluding hydrogens is 194 g/mol. The molecule has 5 nitrogen and oxygen atoms in total. The quantitative estimate of drug-likeness (QED) is 0.751. The third-order valence-corrected chi connectivity index (χ3v) is 2.90.